The molecule has 166 valence electrons. The number of hydrogen-bond donors (Lipinski definition) is 0. The molecule has 1 aromatic carbocycles. The van der Waals surface area contributed by atoms with Crippen molar-refractivity contribution in [3.63, 3.8) is 0 Å². The van der Waals surface area contributed by atoms with Crippen LogP contribution in [0, 0.1) is 6.92 Å². The van der Waals surface area contributed by atoms with E-state index in [-0.39, 0.29) is 30.1 Å². The molecule has 9 heteroatoms. The summed E-state index contributed by atoms with van der Waals surface area (Å²) in [6, 6.07) is 10.7. The summed E-state index contributed by atoms with van der Waals surface area (Å²) in [6.07, 6.45) is -1.89. The number of rotatable bonds is 4. The number of benzene rings is 1. The van der Waals surface area contributed by atoms with Crippen molar-refractivity contribution in [2.45, 2.75) is 25.6 Å². The molecule has 0 bridgehead atoms. The quantitative estimate of drug-likeness (QED) is 0.611. The molecule has 1 fully saturated rings. The maximum atomic E-state index is 13.3. The fraction of sp³-hybridized carbons (Fsp3) is 0.304. The van der Waals surface area contributed by atoms with Gasteiger partial charge in [-0.25, -0.2) is 4.98 Å². The van der Waals surface area contributed by atoms with Crippen molar-refractivity contribution in [1.29, 1.82) is 0 Å². The van der Waals surface area contributed by atoms with Crippen LogP contribution in [0.4, 0.5) is 13.2 Å². The number of nitrogens with zero attached hydrogens (tertiary/aromatic N) is 4. The number of hydrogen-bond acceptors (Lipinski definition) is 5. The summed E-state index contributed by atoms with van der Waals surface area (Å²) in [5.41, 5.74) is 1.52. The van der Waals surface area contributed by atoms with Gasteiger partial charge >= 0.3 is 6.18 Å². The van der Waals surface area contributed by atoms with Crippen LogP contribution in [-0.2, 0) is 17.3 Å². The molecule has 0 saturated carbocycles. The van der Waals surface area contributed by atoms with Crippen LogP contribution in [0.5, 0.6) is 0 Å². The van der Waals surface area contributed by atoms with Crippen LogP contribution in [0.25, 0.3) is 0 Å². The number of aryl methyl sites for hydroxylation is 1. The lowest BCUT2D eigenvalue weighted by molar-refractivity contribution is -0.138. The average molecular weight is 442 g/mol. The summed E-state index contributed by atoms with van der Waals surface area (Å²) in [4.78, 5) is 27.2. The zero-order chi connectivity index (χ0) is 22.7. The number of halogens is 3. The average Bonchev–Trinajstić information content (AvgIpc) is 2.79. The molecule has 1 aliphatic heterocycles. The van der Waals surface area contributed by atoms with Gasteiger partial charge in [0.05, 0.1) is 36.3 Å². The van der Waals surface area contributed by atoms with E-state index in [2.05, 4.69) is 15.0 Å². The van der Waals surface area contributed by atoms with Gasteiger partial charge in [0.1, 0.15) is 11.8 Å². The van der Waals surface area contributed by atoms with Gasteiger partial charge in [0.25, 0.3) is 5.91 Å². The maximum Gasteiger partial charge on any atom is 0.416 e. The molecule has 0 spiro atoms. The van der Waals surface area contributed by atoms with Crippen molar-refractivity contribution in [3.8, 4) is 0 Å². The third-order valence-corrected chi connectivity index (χ3v) is 5.21. The van der Waals surface area contributed by atoms with Gasteiger partial charge in [-0.15, -0.1) is 0 Å². The summed E-state index contributed by atoms with van der Waals surface area (Å²) in [5, 5.41) is 0. The molecule has 0 aliphatic carbocycles. The Morgan fingerprint density at radius 2 is 1.94 bits per heavy atom. The highest BCUT2D eigenvalue weighted by Gasteiger charge is 2.33. The molecular formula is C23H21F3N4O2. The molecule has 3 aromatic rings. The van der Waals surface area contributed by atoms with Gasteiger partial charge in [-0.3, -0.25) is 14.8 Å². The Labute approximate surface area is 183 Å². The van der Waals surface area contributed by atoms with Crippen molar-refractivity contribution in [3.05, 3.63) is 88.8 Å². The second kappa shape index (κ2) is 9.04. The highest BCUT2D eigenvalue weighted by atomic mass is 19.4. The Morgan fingerprint density at radius 1 is 1.12 bits per heavy atom. The minimum atomic E-state index is -4.43. The predicted molar refractivity (Wildman–Crippen MR) is 110 cm³/mol. The van der Waals surface area contributed by atoms with E-state index in [1.165, 1.54) is 24.5 Å². The number of amides is 1. The summed E-state index contributed by atoms with van der Waals surface area (Å²) >= 11 is 0. The van der Waals surface area contributed by atoms with Gasteiger partial charge in [0.2, 0.25) is 0 Å². The summed E-state index contributed by atoms with van der Waals surface area (Å²) in [7, 11) is 0. The topological polar surface area (TPSA) is 68.2 Å². The van der Waals surface area contributed by atoms with Gasteiger partial charge in [-0.05, 0) is 30.7 Å². The summed E-state index contributed by atoms with van der Waals surface area (Å²) in [6.45, 7) is 2.78. The van der Waals surface area contributed by atoms with E-state index in [1.807, 2.05) is 0 Å². The molecule has 1 unspecified atom stereocenters. The number of carbonyl (C=O) groups excluding carboxylic acids is 1. The highest BCUT2D eigenvalue weighted by molar-refractivity contribution is 5.92. The van der Waals surface area contributed by atoms with Crippen molar-refractivity contribution in [2.75, 3.05) is 19.7 Å². The van der Waals surface area contributed by atoms with Gasteiger partial charge in [0.15, 0.2) is 0 Å². The number of morpholine rings is 1. The van der Waals surface area contributed by atoms with Crippen molar-refractivity contribution < 1.29 is 22.7 Å². The summed E-state index contributed by atoms with van der Waals surface area (Å²) < 4.78 is 45.8. The van der Waals surface area contributed by atoms with E-state index in [1.54, 1.807) is 36.1 Å². The largest absolute Gasteiger partial charge is 0.416 e. The Bertz CT molecular complexity index is 1100. The third kappa shape index (κ3) is 4.94. The van der Waals surface area contributed by atoms with E-state index in [0.29, 0.717) is 24.5 Å². The van der Waals surface area contributed by atoms with Gasteiger partial charge < -0.3 is 9.64 Å². The first kappa shape index (κ1) is 21.9. The van der Waals surface area contributed by atoms with Crippen LogP contribution in [0.3, 0.4) is 0 Å². The summed E-state index contributed by atoms with van der Waals surface area (Å²) in [5.74, 6) is -0.249. The standard InChI is InChI=1S/C23H21F3N4O2/c1-15-12-28-20(13-27-15)22(31)30-9-10-32-21(14-30)19-8-4-6-17(29-19)11-16-5-2-3-7-18(16)23(24,25)26/h2-8,12-13,21H,9-11,14H2,1H3. The van der Waals surface area contributed by atoms with Gasteiger partial charge in [-0.1, -0.05) is 24.3 Å². The molecule has 0 N–H and O–H groups in total. The molecule has 1 atom stereocenters. The van der Waals surface area contributed by atoms with Crippen LogP contribution in [0.15, 0.2) is 54.9 Å². The molecule has 0 radical (unpaired) electrons. The Balaban J connectivity index is 1.51. The first-order valence-electron chi connectivity index (χ1n) is 10.1. The highest BCUT2D eigenvalue weighted by Crippen LogP contribution is 2.33. The number of ether oxygens (including phenoxy) is 1. The Kier molecular flexibility index (Phi) is 6.18. The van der Waals surface area contributed by atoms with Crippen molar-refractivity contribution >= 4 is 5.91 Å². The first-order chi connectivity index (χ1) is 15.3. The van der Waals surface area contributed by atoms with Crippen LogP contribution in [0.2, 0.25) is 0 Å². The predicted octanol–water partition coefficient (Wildman–Crippen LogP) is 4.00. The zero-order valence-electron chi connectivity index (χ0n) is 17.3. The molecule has 32 heavy (non-hydrogen) atoms. The van der Waals surface area contributed by atoms with Crippen LogP contribution in [-0.4, -0.2) is 45.5 Å². The van der Waals surface area contributed by atoms with E-state index in [9.17, 15) is 18.0 Å². The maximum absolute atomic E-state index is 13.3. The minimum absolute atomic E-state index is 0.0395. The number of alkyl halides is 3. The lowest BCUT2D eigenvalue weighted by Gasteiger charge is -2.32. The van der Waals surface area contributed by atoms with Crippen molar-refractivity contribution in [1.82, 2.24) is 19.9 Å². The molecular weight excluding hydrogens is 421 g/mol. The van der Waals surface area contributed by atoms with E-state index in [4.69, 9.17) is 4.74 Å². The fourth-order valence-electron chi connectivity index (χ4n) is 3.60. The second-order valence-corrected chi connectivity index (χ2v) is 7.54. The van der Waals surface area contributed by atoms with Crippen LogP contribution < -0.4 is 0 Å². The molecule has 4 rings (SSSR count). The molecule has 6 nitrogen and oxygen atoms in total. The fourth-order valence-corrected chi connectivity index (χ4v) is 3.60. The number of aromatic nitrogens is 3. The number of carbonyl (C=O) groups is 1. The molecule has 1 saturated heterocycles. The molecule has 2 aromatic heterocycles. The Morgan fingerprint density at radius 3 is 2.69 bits per heavy atom. The zero-order valence-corrected chi connectivity index (χ0v) is 17.3. The van der Waals surface area contributed by atoms with Crippen LogP contribution in [0.1, 0.15) is 44.8 Å². The van der Waals surface area contributed by atoms with Gasteiger partial charge in [0, 0.05) is 24.9 Å². The molecule has 3 heterocycles. The minimum Gasteiger partial charge on any atom is -0.368 e. The van der Waals surface area contributed by atoms with Crippen molar-refractivity contribution in [2.24, 2.45) is 0 Å². The van der Waals surface area contributed by atoms with Gasteiger partial charge in [-0.2, -0.15) is 13.2 Å². The third-order valence-electron chi connectivity index (χ3n) is 5.21. The molecule has 1 aliphatic rings. The van der Waals surface area contributed by atoms with E-state index >= 15 is 0 Å². The van der Waals surface area contributed by atoms with E-state index < -0.39 is 17.8 Å². The number of pyridine rings is 1. The Hall–Kier alpha value is -3.33. The second-order valence-electron chi connectivity index (χ2n) is 7.54. The first-order valence-corrected chi connectivity index (χ1v) is 10.1. The van der Waals surface area contributed by atoms with Crippen LogP contribution >= 0.6 is 0 Å². The molecule has 1 amide bonds. The monoisotopic (exact) mass is 442 g/mol. The normalized spacial score (nSPS) is 16.8. The SMILES string of the molecule is Cc1cnc(C(=O)N2CCOC(c3cccc(Cc4ccccc4C(F)(F)F)n3)C2)cn1. The lowest BCUT2D eigenvalue weighted by atomic mass is 10.0. The van der Waals surface area contributed by atoms with E-state index in [0.717, 1.165) is 11.8 Å². The smallest absolute Gasteiger partial charge is 0.368 e. The lowest BCUT2D eigenvalue weighted by Crippen LogP contribution is -2.42.